The Morgan fingerprint density at radius 1 is 1.03 bits per heavy atom. The average molecular weight is 446 g/mol. The minimum Gasteiger partial charge on any atom is -0.496 e. The summed E-state index contributed by atoms with van der Waals surface area (Å²) in [5, 5.41) is 15.7. The highest BCUT2D eigenvalue weighted by Crippen LogP contribution is 2.38. The number of rotatable bonds is 8. The van der Waals surface area contributed by atoms with Gasteiger partial charge in [-0.3, -0.25) is 0 Å². The van der Waals surface area contributed by atoms with Crippen LogP contribution in [0.4, 0.5) is 30.6 Å². The van der Waals surface area contributed by atoms with Gasteiger partial charge in [0.2, 0.25) is 5.95 Å². The lowest BCUT2D eigenvalue weighted by atomic mass is 10.1. The van der Waals surface area contributed by atoms with Gasteiger partial charge in [0.1, 0.15) is 11.6 Å². The van der Waals surface area contributed by atoms with Gasteiger partial charge < -0.3 is 20.5 Å². The number of ether oxygens (including phenoxy) is 1. The standard InChI is InChI=1S/C23H25F3N4O2/c1-14(2)19(13-31)29-22-28-18(15-7-5-4-6-8-15)12-21(30-22)27-16-9-10-20(32-3)17(11-16)23(24,25)26/h4-12,14,19,31H,13H2,1-3H3,(H2,27,28,29,30)/t19-/m1/s1. The zero-order valence-electron chi connectivity index (χ0n) is 17.9. The maximum Gasteiger partial charge on any atom is 0.420 e. The van der Waals surface area contributed by atoms with Crippen LogP contribution in [-0.2, 0) is 6.18 Å². The van der Waals surface area contributed by atoms with Gasteiger partial charge in [-0.2, -0.15) is 18.2 Å². The summed E-state index contributed by atoms with van der Waals surface area (Å²) in [6.07, 6.45) is -4.57. The number of benzene rings is 2. The van der Waals surface area contributed by atoms with Gasteiger partial charge in [-0.05, 0) is 24.1 Å². The number of hydrogen-bond acceptors (Lipinski definition) is 6. The number of aliphatic hydroxyl groups is 1. The first-order valence-electron chi connectivity index (χ1n) is 10.1. The molecule has 0 aliphatic carbocycles. The number of nitrogens with zero attached hydrogens (tertiary/aromatic N) is 2. The highest BCUT2D eigenvalue weighted by molar-refractivity contribution is 5.68. The molecule has 3 N–H and O–H groups in total. The topological polar surface area (TPSA) is 79.3 Å². The zero-order chi connectivity index (χ0) is 23.3. The third kappa shape index (κ3) is 5.67. The van der Waals surface area contributed by atoms with Crippen molar-refractivity contribution in [3.8, 4) is 17.0 Å². The molecule has 0 unspecified atom stereocenters. The summed E-state index contributed by atoms with van der Waals surface area (Å²) in [5.74, 6) is 0.406. The molecule has 0 bridgehead atoms. The van der Waals surface area contributed by atoms with Crippen LogP contribution in [0.15, 0.2) is 54.6 Å². The molecule has 0 saturated heterocycles. The highest BCUT2D eigenvalue weighted by Gasteiger charge is 2.34. The molecule has 0 amide bonds. The second-order valence-electron chi connectivity index (χ2n) is 7.54. The summed E-state index contributed by atoms with van der Waals surface area (Å²) in [6.45, 7) is 3.78. The minimum atomic E-state index is -4.57. The van der Waals surface area contributed by atoms with E-state index in [2.05, 4.69) is 20.6 Å². The van der Waals surface area contributed by atoms with Gasteiger partial charge in [0.25, 0.3) is 0 Å². The maximum absolute atomic E-state index is 13.4. The molecule has 0 fully saturated rings. The molecule has 9 heteroatoms. The van der Waals surface area contributed by atoms with Gasteiger partial charge in [-0.1, -0.05) is 44.2 Å². The van der Waals surface area contributed by atoms with E-state index >= 15 is 0 Å². The normalized spacial score (nSPS) is 12.5. The molecule has 6 nitrogen and oxygen atoms in total. The third-order valence-electron chi connectivity index (χ3n) is 4.89. The molecule has 170 valence electrons. The van der Waals surface area contributed by atoms with Crippen molar-refractivity contribution in [2.75, 3.05) is 24.4 Å². The SMILES string of the molecule is COc1ccc(Nc2cc(-c3ccccc3)nc(N[C@H](CO)C(C)C)n2)cc1C(F)(F)F. The summed E-state index contributed by atoms with van der Waals surface area (Å²) in [7, 11) is 1.19. The van der Waals surface area contributed by atoms with E-state index < -0.39 is 11.7 Å². The Balaban J connectivity index is 2.01. The van der Waals surface area contributed by atoms with Crippen LogP contribution in [0.25, 0.3) is 11.3 Å². The molecule has 3 aromatic rings. The molecular formula is C23H25F3N4O2. The Bertz CT molecular complexity index is 1040. The molecule has 1 atom stereocenters. The smallest absolute Gasteiger partial charge is 0.420 e. The van der Waals surface area contributed by atoms with E-state index in [1.807, 2.05) is 44.2 Å². The molecular weight excluding hydrogens is 421 g/mol. The van der Waals surface area contributed by atoms with Crippen LogP contribution in [0.2, 0.25) is 0 Å². The molecule has 2 aromatic carbocycles. The van der Waals surface area contributed by atoms with Crippen LogP contribution in [0.3, 0.4) is 0 Å². The van der Waals surface area contributed by atoms with E-state index in [0.717, 1.165) is 11.6 Å². The van der Waals surface area contributed by atoms with E-state index in [1.165, 1.54) is 19.2 Å². The van der Waals surface area contributed by atoms with Crippen molar-refractivity contribution in [2.45, 2.75) is 26.1 Å². The molecule has 1 heterocycles. The van der Waals surface area contributed by atoms with E-state index in [0.29, 0.717) is 11.5 Å². The molecule has 0 aliphatic rings. The fourth-order valence-corrected chi connectivity index (χ4v) is 3.08. The second kappa shape index (κ2) is 9.86. The zero-order valence-corrected chi connectivity index (χ0v) is 17.9. The molecule has 1 aromatic heterocycles. The number of aromatic nitrogens is 2. The van der Waals surface area contributed by atoms with Gasteiger partial charge in [0.05, 0.1) is 31.0 Å². The van der Waals surface area contributed by atoms with Crippen LogP contribution in [0.5, 0.6) is 5.75 Å². The van der Waals surface area contributed by atoms with Gasteiger partial charge in [0, 0.05) is 17.3 Å². The highest BCUT2D eigenvalue weighted by atomic mass is 19.4. The average Bonchev–Trinajstić information content (AvgIpc) is 2.77. The van der Waals surface area contributed by atoms with E-state index in [9.17, 15) is 18.3 Å². The van der Waals surface area contributed by atoms with Crippen molar-refractivity contribution in [3.05, 3.63) is 60.2 Å². The molecule has 0 spiro atoms. The first kappa shape index (κ1) is 23.3. The van der Waals surface area contributed by atoms with Gasteiger partial charge >= 0.3 is 6.18 Å². The number of nitrogens with one attached hydrogen (secondary N) is 2. The number of aliphatic hydroxyl groups excluding tert-OH is 1. The Labute approximate surface area is 184 Å². The summed E-state index contributed by atoms with van der Waals surface area (Å²) in [5.41, 5.74) is 0.706. The van der Waals surface area contributed by atoms with Crippen molar-refractivity contribution < 1.29 is 23.0 Å². The fraction of sp³-hybridized carbons (Fsp3) is 0.304. The summed E-state index contributed by atoms with van der Waals surface area (Å²) >= 11 is 0. The third-order valence-corrected chi connectivity index (χ3v) is 4.89. The summed E-state index contributed by atoms with van der Waals surface area (Å²) in [6, 6.07) is 14.4. The van der Waals surface area contributed by atoms with Gasteiger partial charge in [-0.25, -0.2) is 4.98 Å². The largest absolute Gasteiger partial charge is 0.496 e. The first-order valence-corrected chi connectivity index (χ1v) is 10.1. The Morgan fingerprint density at radius 2 is 1.75 bits per heavy atom. The molecule has 0 radical (unpaired) electrons. The number of anilines is 3. The van der Waals surface area contributed by atoms with Crippen LogP contribution in [0, 0.1) is 5.92 Å². The lowest BCUT2D eigenvalue weighted by Crippen LogP contribution is -2.30. The van der Waals surface area contributed by atoms with Gasteiger partial charge in [-0.15, -0.1) is 0 Å². The van der Waals surface area contributed by atoms with Crippen LogP contribution < -0.4 is 15.4 Å². The predicted molar refractivity (Wildman–Crippen MR) is 118 cm³/mol. The lowest BCUT2D eigenvalue weighted by molar-refractivity contribution is -0.138. The van der Waals surface area contributed by atoms with E-state index in [4.69, 9.17) is 4.74 Å². The minimum absolute atomic E-state index is 0.108. The first-order chi connectivity index (χ1) is 15.2. The molecule has 32 heavy (non-hydrogen) atoms. The number of hydrogen-bond donors (Lipinski definition) is 3. The summed E-state index contributed by atoms with van der Waals surface area (Å²) in [4.78, 5) is 8.93. The lowest BCUT2D eigenvalue weighted by Gasteiger charge is -2.21. The second-order valence-corrected chi connectivity index (χ2v) is 7.54. The van der Waals surface area contributed by atoms with Crippen molar-refractivity contribution in [1.29, 1.82) is 0 Å². The maximum atomic E-state index is 13.4. The Hall–Kier alpha value is -3.33. The van der Waals surface area contributed by atoms with Crippen molar-refractivity contribution in [2.24, 2.45) is 5.92 Å². The molecule has 0 saturated carbocycles. The number of alkyl halides is 3. The summed E-state index contributed by atoms with van der Waals surface area (Å²) < 4.78 is 45.0. The number of halogens is 3. The van der Waals surface area contributed by atoms with E-state index in [1.54, 1.807) is 6.07 Å². The van der Waals surface area contributed by atoms with Crippen molar-refractivity contribution >= 4 is 17.5 Å². The van der Waals surface area contributed by atoms with Crippen LogP contribution in [-0.4, -0.2) is 34.8 Å². The monoisotopic (exact) mass is 446 g/mol. The molecule has 0 aliphatic heterocycles. The van der Waals surface area contributed by atoms with Crippen LogP contribution >= 0.6 is 0 Å². The fourth-order valence-electron chi connectivity index (χ4n) is 3.08. The predicted octanol–water partition coefficient (Wildman–Crippen LogP) is 5.34. The molecule has 3 rings (SSSR count). The van der Waals surface area contributed by atoms with E-state index in [-0.39, 0.29) is 36.0 Å². The quantitative estimate of drug-likeness (QED) is 0.433. The van der Waals surface area contributed by atoms with Crippen molar-refractivity contribution in [3.63, 3.8) is 0 Å². The Kier molecular flexibility index (Phi) is 7.19. The van der Waals surface area contributed by atoms with Crippen LogP contribution in [0.1, 0.15) is 19.4 Å². The number of methoxy groups -OCH3 is 1. The van der Waals surface area contributed by atoms with Crippen molar-refractivity contribution in [1.82, 2.24) is 9.97 Å². The van der Waals surface area contributed by atoms with Gasteiger partial charge in [0.15, 0.2) is 0 Å². The Morgan fingerprint density at radius 3 is 2.34 bits per heavy atom.